The Bertz CT molecular complexity index is 1470. The van der Waals surface area contributed by atoms with Crippen molar-refractivity contribution in [3.8, 4) is 11.5 Å². The van der Waals surface area contributed by atoms with Gasteiger partial charge in [-0.05, 0) is 48.9 Å². The molecule has 0 aromatic heterocycles. The van der Waals surface area contributed by atoms with E-state index in [1.807, 2.05) is 19.1 Å². The molecule has 4 aromatic rings. The van der Waals surface area contributed by atoms with E-state index < -0.39 is 5.91 Å². The maximum Gasteiger partial charge on any atom is 0.255 e. The quantitative estimate of drug-likeness (QED) is 0.280. The number of carbonyl (C=O) groups excluding carboxylic acids is 3. The highest BCUT2D eigenvalue weighted by atomic mass is 16.5. The number of amides is 3. The van der Waals surface area contributed by atoms with Gasteiger partial charge in [-0.3, -0.25) is 14.4 Å². The maximum absolute atomic E-state index is 13.2. The summed E-state index contributed by atoms with van der Waals surface area (Å²) in [5, 5.41) is 8.50. The summed E-state index contributed by atoms with van der Waals surface area (Å²) in [6, 6.07) is 25.8. The zero-order chi connectivity index (χ0) is 27.1. The highest BCUT2D eigenvalue weighted by Crippen LogP contribution is 2.37. The summed E-state index contributed by atoms with van der Waals surface area (Å²) in [5.74, 6) is -0.336. The van der Waals surface area contributed by atoms with Crippen molar-refractivity contribution in [2.75, 3.05) is 30.2 Å². The fourth-order valence-corrected chi connectivity index (χ4v) is 3.75. The largest absolute Gasteiger partial charge is 0.494 e. The van der Waals surface area contributed by atoms with E-state index in [2.05, 4.69) is 16.0 Å². The van der Waals surface area contributed by atoms with Gasteiger partial charge in [-0.25, -0.2) is 0 Å². The van der Waals surface area contributed by atoms with Gasteiger partial charge < -0.3 is 25.4 Å². The minimum Gasteiger partial charge on any atom is -0.494 e. The van der Waals surface area contributed by atoms with Gasteiger partial charge in [-0.15, -0.1) is 0 Å². The Morgan fingerprint density at radius 2 is 0.947 bits per heavy atom. The Labute approximate surface area is 220 Å². The van der Waals surface area contributed by atoms with Crippen LogP contribution in [0, 0.1) is 6.92 Å². The molecule has 8 heteroatoms. The number of nitrogens with one attached hydrogen (secondary N) is 3. The number of aryl methyl sites for hydroxylation is 1. The topological polar surface area (TPSA) is 106 Å². The van der Waals surface area contributed by atoms with Gasteiger partial charge in [0.1, 0.15) is 11.5 Å². The van der Waals surface area contributed by atoms with Gasteiger partial charge in [0, 0.05) is 34.5 Å². The van der Waals surface area contributed by atoms with Crippen molar-refractivity contribution >= 4 is 34.8 Å². The van der Waals surface area contributed by atoms with E-state index >= 15 is 0 Å². The van der Waals surface area contributed by atoms with Crippen LogP contribution in [0.1, 0.15) is 36.6 Å². The van der Waals surface area contributed by atoms with E-state index in [0.717, 1.165) is 5.56 Å². The minimum absolute atomic E-state index is 0.272. The molecule has 0 aliphatic heterocycles. The molecule has 0 aliphatic rings. The summed E-state index contributed by atoms with van der Waals surface area (Å²) in [5.41, 5.74) is 3.40. The Kier molecular flexibility index (Phi) is 8.03. The van der Waals surface area contributed by atoms with Crippen LogP contribution in [0.25, 0.3) is 0 Å². The third-order valence-electron chi connectivity index (χ3n) is 5.84. The molecule has 0 spiro atoms. The van der Waals surface area contributed by atoms with Crippen molar-refractivity contribution in [1.29, 1.82) is 0 Å². The van der Waals surface area contributed by atoms with Crippen LogP contribution >= 0.6 is 0 Å². The predicted molar refractivity (Wildman–Crippen MR) is 147 cm³/mol. The first-order chi connectivity index (χ1) is 18.4. The molecule has 4 aromatic carbocycles. The van der Waals surface area contributed by atoms with E-state index in [0.29, 0.717) is 45.3 Å². The molecule has 0 atom stereocenters. The lowest BCUT2D eigenvalue weighted by Crippen LogP contribution is -2.16. The number of methoxy groups -OCH3 is 2. The SMILES string of the molecule is COc1cc(NC(=O)c2ccc(C)c(NC(=O)c3ccccc3)c2)c(OC)cc1NC(=O)c1ccccc1. The number of hydrogen-bond donors (Lipinski definition) is 3. The molecule has 0 aliphatic carbocycles. The standard InChI is InChI=1S/C30H27N3O5/c1-19-14-15-22(16-23(19)31-28(34)20-10-6-4-7-11-20)30(36)33-25-18-26(37-2)24(17-27(25)38-3)32-29(35)21-12-8-5-9-13-21/h4-18H,1-3H3,(H,31,34)(H,32,35)(H,33,36). The third kappa shape index (κ3) is 5.99. The van der Waals surface area contributed by atoms with Crippen LogP contribution < -0.4 is 25.4 Å². The Hall–Kier alpha value is -5.11. The van der Waals surface area contributed by atoms with Crippen molar-refractivity contribution in [3.05, 3.63) is 113 Å². The molecule has 3 amide bonds. The summed E-state index contributed by atoms with van der Waals surface area (Å²) in [7, 11) is 2.93. The van der Waals surface area contributed by atoms with Crippen LogP contribution in [-0.4, -0.2) is 31.9 Å². The Morgan fingerprint density at radius 1 is 0.526 bits per heavy atom. The number of carbonyl (C=O) groups is 3. The average Bonchev–Trinajstić information content (AvgIpc) is 2.95. The van der Waals surface area contributed by atoms with Crippen LogP contribution in [0.5, 0.6) is 11.5 Å². The Balaban J connectivity index is 1.55. The molecule has 4 rings (SSSR count). The molecule has 0 heterocycles. The number of hydrogen-bond acceptors (Lipinski definition) is 5. The number of ether oxygens (including phenoxy) is 2. The first kappa shape index (κ1) is 26.0. The first-order valence-corrected chi connectivity index (χ1v) is 11.8. The van der Waals surface area contributed by atoms with Crippen LogP contribution in [0.2, 0.25) is 0 Å². The fraction of sp³-hybridized carbons (Fsp3) is 0.100. The monoisotopic (exact) mass is 509 g/mol. The Morgan fingerprint density at radius 3 is 1.39 bits per heavy atom. The van der Waals surface area contributed by atoms with Gasteiger partial charge in [0.05, 0.1) is 25.6 Å². The second-order valence-corrected chi connectivity index (χ2v) is 8.38. The highest BCUT2D eigenvalue weighted by Gasteiger charge is 2.18. The zero-order valence-electron chi connectivity index (χ0n) is 21.2. The number of anilines is 3. The molecule has 38 heavy (non-hydrogen) atoms. The molecule has 192 valence electrons. The van der Waals surface area contributed by atoms with Crippen LogP contribution in [0.4, 0.5) is 17.1 Å². The second-order valence-electron chi connectivity index (χ2n) is 8.38. The molecular formula is C30H27N3O5. The van der Waals surface area contributed by atoms with Gasteiger partial charge in [0.25, 0.3) is 17.7 Å². The van der Waals surface area contributed by atoms with Crippen LogP contribution in [0.3, 0.4) is 0 Å². The van der Waals surface area contributed by atoms with Gasteiger partial charge >= 0.3 is 0 Å². The molecule has 0 radical (unpaired) electrons. The normalized spacial score (nSPS) is 10.3. The first-order valence-electron chi connectivity index (χ1n) is 11.8. The zero-order valence-corrected chi connectivity index (χ0v) is 21.2. The summed E-state index contributed by atoms with van der Waals surface area (Å²) >= 11 is 0. The van der Waals surface area contributed by atoms with Gasteiger partial charge in [-0.2, -0.15) is 0 Å². The van der Waals surface area contributed by atoms with E-state index in [1.54, 1.807) is 78.9 Å². The molecule has 0 saturated heterocycles. The number of benzene rings is 4. The fourth-order valence-electron chi connectivity index (χ4n) is 3.75. The average molecular weight is 510 g/mol. The molecular weight excluding hydrogens is 482 g/mol. The summed E-state index contributed by atoms with van der Waals surface area (Å²) < 4.78 is 10.9. The third-order valence-corrected chi connectivity index (χ3v) is 5.84. The van der Waals surface area contributed by atoms with E-state index in [1.165, 1.54) is 14.2 Å². The van der Waals surface area contributed by atoms with Gasteiger partial charge in [0.15, 0.2) is 0 Å². The molecule has 0 unspecified atom stereocenters. The maximum atomic E-state index is 13.2. The summed E-state index contributed by atoms with van der Waals surface area (Å²) in [6.07, 6.45) is 0. The second kappa shape index (κ2) is 11.7. The lowest BCUT2D eigenvalue weighted by Gasteiger charge is -2.17. The van der Waals surface area contributed by atoms with Crippen molar-refractivity contribution < 1.29 is 23.9 Å². The molecule has 8 nitrogen and oxygen atoms in total. The summed E-state index contributed by atoms with van der Waals surface area (Å²) in [4.78, 5) is 38.4. The smallest absolute Gasteiger partial charge is 0.255 e. The van der Waals surface area contributed by atoms with E-state index in [9.17, 15) is 14.4 Å². The molecule has 0 saturated carbocycles. The highest BCUT2D eigenvalue weighted by molar-refractivity contribution is 6.09. The predicted octanol–water partition coefficient (Wildman–Crippen LogP) is 5.77. The number of rotatable bonds is 8. The van der Waals surface area contributed by atoms with E-state index in [4.69, 9.17) is 9.47 Å². The van der Waals surface area contributed by atoms with Crippen LogP contribution in [0.15, 0.2) is 91.0 Å². The van der Waals surface area contributed by atoms with Gasteiger partial charge in [-0.1, -0.05) is 42.5 Å². The summed E-state index contributed by atoms with van der Waals surface area (Å²) in [6.45, 7) is 1.85. The van der Waals surface area contributed by atoms with Crippen molar-refractivity contribution in [3.63, 3.8) is 0 Å². The molecule has 3 N–H and O–H groups in total. The lowest BCUT2D eigenvalue weighted by atomic mass is 10.1. The molecule has 0 bridgehead atoms. The van der Waals surface area contributed by atoms with Crippen molar-refractivity contribution in [2.45, 2.75) is 6.92 Å². The van der Waals surface area contributed by atoms with Crippen molar-refractivity contribution in [1.82, 2.24) is 0 Å². The van der Waals surface area contributed by atoms with Crippen LogP contribution in [-0.2, 0) is 0 Å². The van der Waals surface area contributed by atoms with Crippen molar-refractivity contribution in [2.24, 2.45) is 0 Å². The van der Waals surface area contributed by atoms with Gasteiger partial charge in [0.2, 0.25) is 0 Å². The molecule has 0 fully saturated rings. The minimum atomic E-state index is -0.415. The lowest BCUT2D eigenvalue weighted by molar-refractivity contribution is 0.101. The van der Waals surface area contributed by atoms with E-state index in [-0.39, 0.29) is 11.8 Å².